The number of nitrogens with zero attached hydrogens (tertiary/aromatic N) is 2. The van der Waals surface area contributed by atoms with Crippen molar-refractivity contribution in [2.75, 3.05) is 31.9 Å². The number of rotatable bonds is 5. The fourth-order valence-corrected chi connectivity index (χ4v) is 2.95. The lowest BCUT2D eigenvalue weighted by molar-refractivity contribution is 0.494. The predicted octanol–water partition coefficient (Wildman–Crippen LogP) is 2.98. The molecule has 0 atom stereocenters. The fourth-order valence-electron chi connectivity index (χ4n) is 2.20. The molecule has 1 heterocycles. The van der Waals surface area contributed by atoms with Crippen LogP contribution in [0, 0.1) is 5.82 Å². The van der Waals surface area contributed by atoms with E-state index >= 15 is 0 Å². The van der Waals surface area contributed by atoms with Crippen molar-refractivity contribution in [2.45, 2.75) is 24.7 Å². The molecule has 0 unspecified atom stereocenters. The first-order chi connectivity index (χ1) is 9.79. The number of hydrogen-bond acceptors (Lipinski definition) is 2. The molecule has 1 aromatic rings. The van der Waals surface area contributed by atoms with Gasteiger partial charge in [-0.15, -0.1) is 11.8 Å². The predicted molar refractivity (Wildman–Crippen MR) is 83.9 cm³/mol. The highest BCUT2D eigenvalue weighted by Gasteiger charge is 2.14. The minimum Gasteiger partial charge on any atom is -0.357 e. The van der Waals surface area contributed by atoms with Crippen LogP contribution in [-0.4, -0.2) is 42.8 Å². The molecule has 0 aromatic heterocycles. The Labute approximate surface area is 124 Å². The average molecular weight is 295 g/mol. The molecule has 0 radical (unpaired) electrons. The summed E-state index contributed by atoms with van der Waals surface area (Å²) in [4.78, 5) is 8.08. The van der Waals surface area contributed by atoms with Crippen LogP contribution in [0.5, 0.6) is 0 Å². The van der Waals surface area contributed by atoms with Crippen molar-refractivity contribution in [2.24, 2.45) is 4.99 Å². The Balaban J connectivity index is 1.79. The molecule has 1 fully saturated rings. The Morgan fingerprint density at radius 1 is 1.30 bits per heavy atom. The van der Waals surface area contributed by atoms with Crippen molar-refractivity contribution >= 4 is 17.7 Å². The summed E-state index contributed by atoms with van der Waals surface area (Å²) in [5.74, 6) is 1.76. The summed E-state index contributed by atoms with van der Waals surface area (Å²) in [6.45, 7) is 5.99. The van der Waals surface area contributed by atoms with Crippen LogP contribution in [0.25, 0.3) is 0 Å². The Bertz CT molecular complexity index is 427. The van der Waals surface area contributed by atoms with E-state index in [1.807, 2.05) is 12.1 Å². The molecule has 20 heavy (non-hydrogen) atoms. The van der Waals surface area contributed by atoms with Crippen LogP contribution in [-0.2, 0) is 0 Å². The third-order valence-corrected chi connectivity index (χ3v) is 4.17. The molecule has 5 heteroatoms. The Hall–Kier alpha value is -1.23. The summed E-state index contributed by atoms with van der Waals surface area (Å²) in [6.07, 6.45) is 2.52. The molecule has 110 valence electrons. The molecule has 0 bridgehead atoms. The van der Waals surface area contributed by atoms with E-state index < -0.39 is 0 Å². The summed E-state index contributed by atoms with van der Waals surface area (Å²) in [5, 5.41) is 3.35. The van der Waals surface area contributed by atoms with Gasteiger partial charge in [-0.3, -0.25) is 4.99 Å². The Morgan fingerprint density at radius 3 is 2.65 bits per heavy atom. The van der Waals surface area contributed by atoms with Crippen molar-refractivity contribution in [3.63, 3.8) is 0 Å². The van der Waals surface area contributed by atoms with E-state index in [0.717, 1.165) is 42.8 Å². The second kappa shape index (κ2) is 8.15. The summed E-state index contributed by atoms with van der Waals surface area (Å²) in [5.41, 5.74) is 0. The van der Waals surface area contributed by atoms with Crippen molar-refractivity contribution in [1.82, 2.24) is 10.2 Å². The summed E-state index contributed by atoms with van der Waals surface area (Å²) in [7, 11) is 0. The lowest BCUT2D eigenvalue weighted by Crippen LogP contribution is -2.39. The molecule has 0 spiro atoms. The summed E-state index contributed by atoms with van der Waals surface area (Å²) in [6, 6.07) is 6.63. The maximum absolute atomic E-state index is 12.8. The van der Waals surface area contributed by atoms with Gasteiger partial charge in [-0.25, -0.2) is 4.39 Å². The van der Waals surface area contributed by atoms with Crippen LogP contribution in [0.1, 0.15) is 19.8 Å². The molecule has 0 amide bonds. The smallest absolute Gasteiger partial charge is 0.193 e. The van der Waals surface area contributed by atoms with Crippen LogP contribution >= 0.6 is 11.8 Å². The van der Waals surface area contributed by atoms with E-state index in [1.54, 1.807) is 11.8 Å². The van der Waals surface area contributed by atoms with E-state index in [2.05, 4.69) is 22.1 Å². The number of guanidine groups is 1. The molecule has 1 aliphatic rings. The monoisotopic (exact) mass is 295 g/mol. The molecule has 2 rings (SSSR count). The minimum atomic E-state index is -0.184. The van der Waals surface area contributed by atoms with Crippen LogP contribution in [0.4, 0.5) is 4.39 Å². The number of likely N-dealkylation sites (tertiary alicyclic amines) is 1. The minimum absolute atomic E-state index is 0.184. The third kappa shape index (κ3) is 4.71. The van der Waals surface area contributed by atoms with E-state index in [9.17, 15) is 4.39 Å². The zero-order chi connectivity index (χ0) is 14.2. The average Bonchev–Trinajstić information content (AvgIpc) is 2.98. The van der Waals surface area contributed by atoms with Gasteiger partial charge in [-0.05, 0) is 44.0 Å². The number of hydrogen-bond donors (Lipinski definition) is 1. The van der Waals surface area contributed by atoms with Gasteiger partial charge in [0.25, 0.3) is 0 Å². The molecule has 3 nitrogen and oxygen atoms in total. The highest BCUT2D eigenvalue weighted by Crippen LogP contribution is 2.17. The van der Waals surface area contributed by atoms with E-state index in [1.165, 1.54) is 25.0 Å². The lowest BCUT2D eigenvalue weighted by Gasteiger charge is -2.20. The molecule has 0 aliphatic carbocycles. The first-order valence-corrected chi connectivity index (χ1v) is 8.20. The maximum atomic E-state index is 12.8. The normalized spacial score (nSPS) is 15.7. The third-order valence-electron chi connectivity index (χ3n) is 3.18. The number of thioether (sulfide) groups is 1. The van der Waals surface area contributed by atoms with Gasteiger partial charge in [-0.2, -0.15) is 0 Å². The second-order valence-corrected chi connectivity index (χ2v) is 5.90. The maximum Gasteiger partial charge on any atom is 0.193 e. The van der Waals surface area contributed by atoms with Crippen LogP contribution in [0.15, 0.2) is 34.2 Å². The van der Waals surface area contributed by atoms with E-state index in [-0.39, 0.29) is 5.82 Å². The highest BCUT2D eigenvalue weighted by atomic mass is 32.2. The quantitative estimate of drug-likeness (QED) is 0.392. The zero-order valence-corrected chi connectivity index (χ0v) is 12.8. The fraction of sp³-hybridized carbons (Fsp3) is 0.533. The molecule has 1 saturated heterocycles. The van der Waals surface area contributed by atoms with Gasteiger partial charge in [0.05, 0.1) is 6.54 Å². The lowest BCUT2D eigenvalue weighted by atomic mass is 10.4. The summed E-state index contributed by atoms with van der Waals surface area (Å²) >= 11 is 1.71. The van der Waals surface area contributed by atoms with Crippen molar-refractivity contribution < 1.29 is 4.39 Å². The molecule has 1 aromatic carbocycles. The number of benzene rings is 1. The second-order valence-electron chi connectivity index (χ2n) is 4.73. The molecular formula is C15H22FN3S. The van der Waals surface area contributed by atoms with Crippen LogP contribution in [0.2, 0.25) is 0 Å². The SMILES string of the molecule is CCNC(=NCCSc1ccc(F)cc1)N1CCCC1. The zero-order valence-electron chi connectivity index (χ0n) is 11.9. The molecule has 1 aliphatic heterocycles. The summed E-state index contributed by atoms with van der Waals surface area (Å²) < 4.78 is 12.8. The standard InChI is InChI=1S/C15H22FN3S/c1-2-17-15(19-10-3-4-11-19)18-9-12-20-14-7-5-13(16)6-8-14/h5-8H,2-4,9-12H2,1H3,(H,17,18). The van der Waals surface area contributed by atoms with Crippen LogP contribution < -0.4 is 5.32 Å². The molecule has 1 N–H and O–H groups in total. The number of aliphatic imine (C=N–C) groups is 1. The highest BCUT2D eigenvalue weighted by molar-refractivity contribution is 7.99. The van der Waals surface area contributed by atoms with Gasteiger partial charge in [0.15, 0.2) is 5.96 Å². The van der Waals surface area contributed by atoms with Crippen LogP contribution in [0.3, 0.4) is 0 Å². The van der Waals surface area contributed by atoms with Gasteiger partial charge in [-0.1, -0.05) is 0 Å². The van der Waals surface area contributed by atoms with Crippen molar-refractivity contribution in [3.05, 3.63) is 30.1 Å². The van der Waals surface area contributed by atoms with Crippen molar-refractivity contribution in [1.29, 1.82) is 0 Å². The van der Waals surface area contributed by atoms with Gasteiger partial charge in [0, 0.05) is 30.3 Å². The first kappa shape index (κ1) is 15.2. The molecular weight excluding hydrogens is 273 g/mol. The van der Waals surface area contributed by atoms with Gasteiger partial charge in [0.1, 0.15) is 5.82 Å². The topological polar surface area (TPSA) is 27.6 Å². The largest absolute Gasteiger partial charge is 0.357 e. The number of nitrogens with one attached hydrogen (secondary N) is 1. The van der Waals surface area contributed by atoms with E-state index in [0.29, 0.717) is 0 Å². The Morgan fingerprint density at radius 2 is 2.00 bits per heavy atom. The van der Waals surface area contributed by atoms with Gasteiger partial charge in [0.2, 0.25) is 0 Å². The Kier molecular flexibility index (Phi) is 6.18. The first-order valence-electron chi connectivity index (χ1n) is 7.21. The molecule has 0 saturated carbocycles. The number of halogens is 1. The van der Waals surface area contributed by atoms with Gasteiger partial charge < -0.3 is 10.2 Å². The van der Waals surface area contributed by atoms with Gasteiger partial charge >= 0.3 is 0 Å². The van der Waals surface area contributed by atoms with Crippen molar-refractivity contribution in [3.8, 4) is 0 Å². The van der Waals surface area contributed by atoms with E-state index in [4.69, 9.17) is 0 Å².